The number of ether oxygens (including phenoxy) is 1. The molecule has 0 bridgehead atoms. The number of nitrogens with one attached hydrogen (secondary N) is 1. The Morgan fingerprint density at radius 1 is 1.17 bits per heavy atom. The molecule has 0 aliphatic carbocycles. The fourth-order valence-corrected chi connectivity index (χ4v) is 1.84. The molecule has 0 saturated heterocycles. The molecule has 2 N–H and O–H groups in total. The summed E-state index contributed by atoms with van der Waals surface area (Å²) in [5.41, 5.74) is 0. The Bertz CT molecular complexity index is 493. The Kier molecular flexibility index (Phi) is 4.56. The SMILES string of the molecule is [CH2]CNCC(O)COc1cccc2ccccc12. The molecule has 0 aliphatic heterocycles. The van der Waals surface area contributed by atoms with E-state index in [4.69, 9.17) is 4.74 Å². The van der Waals surface area contributed by atoms with Crippen LogP contribution < -0.4 is 10.1 Å². The molecule has 0 fully saturated rings. The van der Waals surface area contributed by atoms with Crippen molar-refractivity contribution in [3.05, 3.63) is 49.4 Å². The highest BCUT2D eigenvalue weighted by molar-refractivity contribution is 5.88. The van der Waals surface area contributed by atoms with Gasteiger partial charge in [0.25, 0.3) is 0 Å². The lowest BCUT2D eigenvalue weighted by atomic mass is 10.1. The number of hydrogen-bond donors (Lipinski definition) is 2. The van der Waals surface area contributed by atoms with Crippen molar-refractivity contribution >= 4 is 10.8 Å². The molecule has 2 aromatic carbocycles. The Labute approximate surface area is 107 Å². The molecule has 0 saturated carbocycles. The number of fused-ring (bicyclic) bond motifs is 1. The molecule has 0 spiro atoms. The molecule has 0 aromatic heterocycles. The summed E-state index contributed by atoms with van der Waals surface area (Å²) in [5, 5.41) is 14.9. The predicted molar refractivity (Wildman–Crippen MR) is 73.7 cm³/mol. The van der Waals surface area contributed by atoms with Crippen molar-refractivity contribution in [1.82, 2.24) is 5.32 Å². The summed E-state index contributed by atoms with van der Waals surface area (Å²) in [4.78, 5) is 0. The Morgan fingerprint density at radius 2 is 1.94 bits per heavy atom. The highest BCUT2D eigenvalue weighted by Gasteiger charge is 2.06. The molecule has 0 amide bonds. The van der Waals surface area contributed by atoms with Gasteiger partial charge in [0.15, 0.2) is 0 Å². The van der Waals surface area contributed by atoms with E-state index < -0.39 is 6.10 Å². The van der Waals surface area contributed by atoms with Crippen LogP contribution in [0.5, 0.6) is 5.75 Å². The van der Waals surface area contributed by atoms with Crippen molar-refractivity contribution in [1.29, 1.82) is 0 Å². The Morgan fingerprint density at radius 3 is 2.78 bits per heavy atom. The molecule has 1 radical (unpaired) electrons. The molecule has 0 heterocycles. The molecule has 3 heteroatoms. The minimum Gasteiger partial charge on any atom is -0.490 e. The maximum Gasteiger partial charge on any atom is 0.127 e. The highest BCUT2D eigenvalue weighted by atomic mass is 16.5. The standard InChI is InChI=1S/C15H18NO2/c1-2-16-10-13(17)11-18-15-9-5-7-12-6-3-4-8-14(12)15/h3-9,13,16-17H,1-2,10-11H2. The minimum absolute atomic E-state index is 0.279. The van der Waals surface area contributed by atoms with E-state index in [0.29, 0.717) is 13.1 Å². The van der Waals surface area contributed by atoms with Gasteiger partial charge in [0.2, 0.25) is 0 Å². The summed E-state index contributed by atoms with van der Waals surface area (Å²) >= 11 is 0. The monoisotopic (exact) mass is 244 g/mol. The van der Waals surface area contributed by atoms with Crippen LogP contribution in [0.25, 0.3) is 10.8 Å². The van der Waals surface area contributed by atoms with E-state index in [-0.39, 0.29) is 6.61 Å². The zero-order valence-corrected chi connectivity index (χ0v) is 10.3. The summed E-state index contributed by atoms with van der Waals surface area (Å²) in [5.74, 6) is 0.807. The molecular formula is C15H18NO2. The lowest BCUT2D eigenvalue weighted by Gasteiger charge is -2.14. The van der Waals surface area contributed by atoms with E-state index in [1.165, 1.54) is 0 Å². The van der Waals surface area contributed by atoms with E-state index in [1.54, 1.807) is 0 Å². The second kappa shape index (κ2) is 6.38. The first-order chi connectivity index (χ1) is 8.81. The lowest BCUT2D eigenvalue weighted by molar-refractivity contribution is 0.108. The first kappa shape index (κ1) is 12.9. The summed E-state index contributed by atoms with van der Waals surface area (Å²) in [6, 6.07) is 14.0. The van der Waals surface area contributed by atoms with Gasteiger partial charge in [-0.05, 0) is 24.9 Å². The topological polar surface area (TPSA) is 41.5 Å². The van der Waals surface area contributed by atoms with E-state index >= 15 is 0 Å². The van der Waals surface area contributed by atoms with Crippen molar-refractivity contribution < 1.29 is 9.84 Å². The van der Waals surface area contributed by atoms with Crippen molar-refractivity contribution in [2.75, 3.05) is 19.7 Å². The maximum absolute atomic E-state index is 9.70. The van der Waals surface area contributed by atoms with Crippen LogP contribution in [0.3, 0.4) is 0 Å². The quantitative estimate of drug-likeness (QED) is 0.816. The van der Waals surface area contributed by atoms with Crippen molar-refractivity contribution in [2.45, 2.75) is 6.10 Å². The molecule has 2 aromatic rings. The minimum atomic E-state index is -0.522. The first-order valence-corrected chi connectivity index (χ1v) is 6.10. The zero-order valence-electron chi connectivity index (χ0n) is 10.3. The fraction of sp³-hybridized carbons (Fsp3) is 0.267. The first-order valence-electron chi connectivity index (χ1n) is 6.10. The second-order valence-corrected chi connectivity index (χ2v) is 4.15. The molecule has 95 valence electrons. The van der Waals surface area contributed by atoms with Gasteiger partial charge in [-0.3, -0.25) is 0 Å². The molecule has 18 heavy (non-hydrogen) atoms. The van der Waals surface area contributed by atoms with Crippen LogP contribution in [0.2, 0.25) is 0 Å². The average molecular weight is 244 g/mol. The third kappa shape index (κ3) is 3.22. The highest BCUT2D eigenvalue weighted by Crippen LogP contribution is 2.25. The molecule has 1 unspecified atom stereocenters. The predicted octanol–water partition coefficient (Wildman–Crippen LogP) is 2.00. The molecule has 1 atom stereocenters. The van der Waals surface area contributed by atoms with Gasteiger partial charge < -0.3 is 15.2 Å². The number of rotatable bonds is 6. The third-order valence-electron chi connectivity index (χ3n) is 2.74. The number of benzene rings is 2. The van der Waals surface area contributed by atoms with Gasteiger partial charge >= 0.3 is 0 Å². The molecule has 0 aliphatic rings. The zero-order chi connectivity index (χ0) is 12.8. The number of hydrogen-bond acceptors (Lipinski definition) is 3. The van der Waals surface area contributed by atoms with Crippen LogP contribution in [-0.4, -0.2) is 30.9 Å². The number of aliphatic hydroxyl groups excluding tert-OH is 1. The molecule has 3 nitrogen and oxygen atoms in total. The van der Waals surface area contributed by atoms with E-state index in [1.807, 2.05) is 42.5 Å². The fourth-order valence-electron chi connectivity index (χ4n) is 1.84. The van der Waals surface area contributed by atoms with Crippen LogP contribution >= 0.6 is 0 Å². The van der Waals surface area contributed by atoms with E-state index in [0.717, 1.165) is 16.5 Å². The maximum atomic E-state index is 9.70. The van der Waals surface area contributed by atoms with Crippen molar-refractivity contribution in [2.24, 2.45) is 0 Å². The summed E-state index contributed by atoms with van der Waals surface area (Å²) < 4.78 is 5.67. The summed E-state index contributed by atoms with van der Waals surface area (Å²) in [6.45, 7) is 5.03. The Balaban J connectivity index is 2.03. The van der Waals surface area contributed by atoms with Gasteiger partial charge in [0, 0.05) is 11.9 Å². The van der Waals surface area contributed by atoms with Crippen LogP contribution in [0, 0.1) is 6.92 Å². The van der Waals surface area contributed by atoms with Gasteiger partial charge in [-0.2, -0.15) is 0 Å². The van der Waals surface area contributed by atoms with E-state index in [2.05, 4.69) is 12.2 Å². The normalized spacial score (nSPS) is 12.6. The van der Waals surface area contributed by atoms with Crippen LogP contribution in [0.4, 0.5) is 0 Å². The van der Waals surface area contributed by atoms with Gasteiger partial charge in [0.1, 0.15) is 18.5 Å². The van der Waals surface area contributed by atoms with Crippen LogP contribution in [-0.2, 0) is 0 Å². The van der Waals surface area contributed by atoms with Crippen LogP contribution in [0.15, 0.2) is 42.5 Å². The largest absolute Gasteiger partial charge is 0.490 e. The average Bonchev–Trinajstić information content (AvgIpc) is 2.42. The third-order valence-corrected chi connectivity index (χ3v) is 2.74. The molecular weight excluding hydrogens is 226 g/mol. The number of aliphatic hydroxyl groups is 1. The van der Waals surface area contributed by atoms with Crippen LogP contribution in [0.1, 0.15) is 0 Å². The van der Waals surface area contributed by atoms with Gasteiger partial charge in [0.05, 0.1) is 0 Å². The Hall–Kier alpha value is -1.58. The van der Waals surface area contributed by atoms with Gasteiger partial charge in [-0.15, -0.1) is 0 Å². The van der Waals surface area contributed by atoms with E-state index in [9.17, 15) is 5.11 Å². The van der Waals surface area contributed by atoms with Gasteiger partial charge in [-0.1, -0.05) is 36.4 Å². The van der Waals surface area contributed by atoms with Gasteiger partial charge in [-0.25, -0.2) is 0 Å². The summed E-state index contributed by atoms with van der Waals surface area (Å²) in [6.07, 6.45) is -0.522. The smallest absolute Gasteiger partial charge is 0.127 e. The summed E-state index contributed by atoms with van der Waals surface area (Å²) in [7, 11) is 0. The van der Waals surface area contributed by atoms with Crippen molar-refractivity contribution in [3.8, 4) is 5.75 Å². The van der Waals surface area contributed by atoms with Crippen molar-refractivity contribution in [3.63, 3.8) is 0 Å². The lowest BCUT2D eigenvalue weighted by Crippen LogP contribution is -2.31. The molecule has 2 rings (SSSR count). The second-order valence-electron chi connectivity index (χ2n) is 4.15.